The second kappa shape index (κ2) is 7.99. The van der Waals surface area contributed by atoms with E-state index in [1.807, 2.05) is 25.1 Å². The van der Waals surface area contributed by atoms with Crippen LogP contribution in [-0.4, -0.2) is 63.3 Å². The maximum absolute atomic E-state index is 11.9. The summed E-state index contributed by atoms with van der Waals surface area (Å²) < 4.78 is 36.2. The summed E-state index contributed by atoms with van der Waals surface area (Å²) in [7, 11) is -1.44. The van der Waals surface area contributed by atoms with Gasteiger partial charge in [-0.15, -0.1) is 0 Å². The molecule has 0 saturated carbocycles. The van der Waals surface area contributed by atoms with E-state index in [-0.39, 0.29) is 5.75 Å². The van der Waals surface area contributed by atoms with Crippen molar-refractivity contribution in [3.63, 3.8) is 0 Å². The Bertz CT molecular complexity index is 611. The molecular weight excluding hydrogens is 316 g/mol. The van der Waals surface area contributed by atoms with Gasteiger partial charge < -0.3 is 9.47 Å². The van der Waals surface area contributed by atoms with Crippen LogP contribution >= 0.6 is 0 Å². The van der Waals surface area contributed by atoms with Crippen LogP contribution in [0.5, 0.6) is 11.5 Å². The van der Waals surface area contributed by atoms with Gasteiger partial charge in [0.05, 0.1) is 19.5 Å². The van der Waals surface area contributed by atoms with Gasteiger partial charge in [-0.25, -0.2) is 8.42 Å². The van der Waals surface area contributed by atoms with Crippen LogP contribution < -0.4 is 9.47 Å². The van der Waals surface area contributed by atoms with Crippen molar-refractivity contribution in [2.24, 2.45) is 0 Å². The molecule has 0 unspecified atom stereocenters. The molecule has 0 aromatic heterocycles. The maximum atomic E-state index is 11.9. The van der Waals surface area contributed by atoms with E-state index < -0.39 is 10.0 Å². The molecule has 0 radical (unpaired) electrons. The molecule has 1 fully saturated rings. The molecule has 23 heavy (non-hydrogen) atoms. The van der Waals surface area contributed by atoms with Crippen molar-refractivity contribution in [3.05, 3.63) is 23.8 Å². The van der Waals surface area contributed by atoms with Crippen LogP contribution in [0.3, 0.4) is 0 Å². The molecule has 1 saturated heterocycles. The molecule has 6 nitrogen and oxygen atoms in total. The molecule has 1 aromatic carbocycles. The van der Waals surface area contributed by atoms with E-state index in [0.717, 1.165) is 36.7 Å². The van der Waals surface area contributed by atoms with Gasteiger partial charge >= 0.3 is 0 Å². The van der Waals surface area contributed by atoms with E-state index in [4.69, 9.17) is 9.47 Å². The number of hydrogen-bond donors (Lipinski definition) is 0. The first-order chi connectivity index (χ1) is 11.0. The first kappa shape index (κ1) is 18.0. The lowest BCUT2D eigenvalue weighted by Gasteiger charge is -2.33. The molecule has 0 N–H and O–H groups in total. The fourth-order valence-corrected chi connectivity index (χ4v) is 3.78. The number of rotatable bonds is 7. The van der Waals surface area contributed by atoms with Gasteiger partial charge in [-0.1, -0.05) is 6.07 Å². The minimum absolute atomic E-state index is 0.170. The Morgan fingerprint density at radius 1 is 1.09 bits per heavy atom. The standard InChI is InChI=1S/C16H26N2O4S/c1-4-22-15-7-6-14(12-16(15)21-3)13-17-8-10-18(11-9-17)23(19,20)5-2/h6-7,12H,4-5,8-11,13H2,1-3H3. The first-order valence-electron chi connectivity index (χ1n) is 8.00. The second-order valence-corrected chi connectivity index (χ2v) is 7.75. The van der Waals surface area contributed by atoms with E-state index in [9.17, 15) is 8.42 Å². The summed E-state index contributed by atoms with van der Waals surface area (Å²) in [5.74, 6) is 1.65. The van der Waals surface area contributed by atoms with Crippen molar-refractivity contribution < 1.29 is 17.9 Å². The van der Waals surface area contributed by atoms with Crippen molar-refractivity contribution in [1.29, 1.82) is 0 Å². The summed E-state index contributed by atoms with van der Waals surface area (Å²) in [6, 6.07) is 5.94. The van der Waals surface area contributed by atoms with Gasteiger partial charge in [-0.05, 0) is 31.5 Å². The van der Waals surface area contributed by atoms with E-state index in [2.05, 4.69) is 4.90 Å². The molecule has 7 heteroatoms. The normalized spacial score (nSPS) is 17.2. The Morgan fingerprint density at radius 2 is 1.78 bits per heavy atom. The number of hydrogen-bond acceptors (Lipinski definition) is 5. The largest absolute Gasteiger partial charge is 0.493 e. The number of nitrogens with zero attached hydrogens (tertiary/aromatic N) is 2. The Morgan fingerprint density at radius 3 is 2.35 bits per heavy atom. The van der Waals surface area contributed by atoms with Crippen molar-refractivity contribution in [2.75, 3.05) is 45.6 Å². The quantitative estimate of drug-likeness (QED) is 0.753. The van der Waals surface area contributed by atoms with Crippen molar-refractivity contribution in [1.82, 2.24) is 9.21 Å². The molecule has 1 aliphatic heterocycles. The number of sulfonamides is 1. The van der Waals surface area contributed by atoms with E-state index in [0.29, 0.717) is 19.7 Å². The predicted octanol–water partition coefficient (Wildman–Crippen LogP) is 1.56. The SMILES string of the molecule is CCOc1ccc(CN2CCN(S(=O)(=O)CC)CC2)cc1OC. The zero-order chi connectivity index (χ0) is 16.9. The number of piperazine rings is 1. The fourth-order valence-electron chi connectivity index (χ4n) is 2.69. The summed E-state index contributed by atoms with van der Waals surface area (Å²) in [6.45, 7) is 7.62. The predicted molar refractivity (Wildman–Crippen MR) is 90.5 cm³/mol. The van der Waals surface area contributed by atoms with Crippen molar-refractivity contribution >= 4 is 10.0 Å². The summed E-state index contributed by atoms with van der Waals surface area (Å²) >= 11 is 0. The summed E-state index contributed by atoms with van der Waals surface area (Å²) in [6.07, 6.45) is 0. The minimum atomic E-state index is -3.07. The molecule has 0 aliphatic carbocycles. The highest BCUT2D eigenvalue weighted by molar-refractivity contribution is 7.89. The highest BCUT2D eigenvalue weighted by Crippen LogP contribution is 2.28. The zero-order valence-corrected chi connectivity index (χ0v) is 14.9. The molecule has 0 spiro atoms. The van der Waals surface area contributed by atoms with Crippen LogP contribution in [0.25, 0.3) is 0 Å². The molecular formula is C16H26N2O4S. The third-order valence-corrected chi connectivity index (χ3v) is 5.91. The average Bonchev–Trinajstić information content (AvgIpc) is 2.57. The molecule has 1 heterocycles. The van der Waals surface area contributed by atoms with Gasteiger partial charge in [0.25, 0.3) is 0 Å². The second-order valence-electron chi connectivity index (χ2n) is 5.49. The van der Waals surface area contributed by atoms with Crippen LogP contribution in [0.1, 0.15) is 19.4 Å². The molecule has 1 aromatic rings. The van der Waals surface area contributed by atoms with Gasteiger partial charge in [-0.2, -0.15) is 4.31 Å². The molecule has 0 amide bonds. The van der Waals surface area contributed by atoms with Crippen molar-refractivity contribution in [3.8, 4) is 11.5 Å². The number of methoxy groups -OCH3 is 1. The lowest BCUT2D eigenvalue weighted by atomic mass is 10.1. The molecule has 0 bridgehead atoms. The number of ether oxygens (including phenoxy) is 2. The third kappa shape index (κ3) is 4.59. The van der Waals surface area contributed by atoms with Crippen LogP contribution in [-0.2, 0) is 16.6 Å². The van der Waals surface area contributed by atoms with E-state index in [1.54, 1.807) is 18.3 Å². The lowest BCUT2D eigenvalue weighted by molar-refractivity contribution is 0.181. The Labute approximate surface area is 139 Å². The van der Waals surface area contributed by atoms with E-state index >= 15 is 0 Å². The zero-order valence-electron chi connectivity index (χ0n) is 14.1. The summed E-state index contributed by atoms with van der Waals surface area (Å²) in [5, 5.41) is 0. The monoisotopic (exact) mass is 342 g/mol. The van der Waals surface area contributed by atoms with Crippen molar-refractivity contribution in [2.45, 2.75) is 20.4 Å². The van der Waals surface area contributed by atoms with Crippen LogP contribution in [0.15, 0.2) is 18.2 Å². The topological polar surface area (TPSA) is 59.1 Å². The first-order valence-corrected chi connectivity index (χ1v) is 9.61. The van der Waals surface area contributed by atoms with Crippen LogP contribution in [0, 0.1) is 0 Å². The van der Waals surface area contributed by atoms with Gasteiger partial charge in [0, 0.05) is 32.7 Å². The molecule has 1 aliphatic rings. The Hall–Kier alpha value is -1.31. The van der Waals surface area contributed by atoms with Gasteiger partial charge in [-0.3, -0.25) is 4.90 Å². The van der Waals surface area contributed by atoms with Crippen LogP contribution in [0.2, 0.25) is 0 Å². The third-order valence-electron chi connectivity index (χ3n) is 4.02. The maximum Gasteiger partial charge on any atom is 0.213 e. The van der Waals surface area contributed by atoms with Gasteiger partial charge in [0.1, 0.15) is 0 Å². The highest BCUT2D eigenvalue weighted by Gasteiger charge is 2.25. The Balaban J connectivity index is 1.96. The molecule has 0 atom stereocenters. The minimum Gasteiger partial charge on any atom is -0.493 e. The number of benzene rings is 1. The van der Waals surface area contributed by atoms with E-state index in [1.165, 1.54) is 0 Å². The van der Waals surface area contributed by atoms with Crippen LogP contribution in [0.4, 0.5) is 0 Å². The average molecular weight is 342 g/mol. The summed E-state index contributed by atoms with van der Waals surface area (Å²) in [5.41, 5.74) is 1.14. The summed E-state index contributed by atoms with van der Waals surface area (Å²) in [4.78, 5) is 2.26. The highest BCUT2D eigenvalue weighted by atomic mass is 32.2. The molecule has 130 valence electrons. The van der Waals surface area contributed by atoms with Gasteiger partial charge in [0.15, 0.2) is 11.5 Å². The fraction of sp³-hybridized carbons (Fsp3) is 0.625. The lowest BCUT2D eigenvalue weighted by Crippen LogP contribution is -2.48. The van der Waals surface area contributed by atoms with Gasteiger partial charge in [0.2, 0.25) is 10.0 Å². The molecule has 2 rings (SSSR count). The smallest absolute Gasteiger partial charge is 0.213 e. The Kier molecular flexibility index (Phi) is 6.26.